The SMILES string of the molecule is Bc1ccc(OC)cc1C1(C)OCCO1. The van der Waals surface area contributed by atoms with Gasteiger partial charge in [0.25, 0.3) is 0 Å². The second-order valence-electron chi connectivity index (χ2n) is 3.82. The highest BCUT2D eigenvalue weighted by molar-refractivity contribution is 6.33. The van der Waals surface area contributed by atoms with Crippen LogP contribution >= 0.6 is 0 Å². The fourth-order valence-electron chi connectivity index (χ4n) is 1.89. The van der Waals surface area contributed by atoms with Crippen LogP contribution in [0.5, 0.6) is 5.75 Å². The molecule has 1 aromatic rings. The van der Waals surface area contributed by atoms with Crippen LogP contribution in [-0.2, 0) is 15.3 Å². The minimum atomic E-state index is -0.612. The zero-order valence-electron chi connectivity index (χ0n) is 9.37. The molecule has 1 fully saturated rings. The molecule has 1 saturated heterocycles. The average molecular weight is 206 g/mol. The molecule has 0 bridgehead atoms. The molecule has 2 rings (SSSR count). The molecule has 1 aliphatic heterocycles. The summed E-state index contributed by atoms with van der Waals surface area (Å²) in [6, 6.07) is 5.93. The average Bonchev–Trinajstić information content (AvgIpc) is 2.67. The van der Waals surface area contributed by atoms with E-state index in [0.717, 1.165) is 16.8 Å². The molecule has 4 heteroatoms. The molecule has 1 heterocycles. The van der Waals surface area contributed by atoms with Gasteiger partial charge in [0.2, 0.25) is 0 Å². The molecule has 0 atom stereocenters. The summed E-state index contributed by atoms with van der Waals surface area (Å²) in [4.78, 5) is 0. The molecule has 15 heavy (non-hydrogen) atoms. The third-order valence-electron chi connectivity index (χ3n) is 2.77. The Morgan fingerprint density at radius 1 is 1.33 bits per heavy atom. The third-order valence-corrected chi connectivity index (χ3v) is 2.77. The van der Waals surface area contributed by atoms with Gasteiger partial charge < -0.3 is 14.2 Å². The topological polar surface area (TPSA) is 27.7 Å². The van der Waals surface area contributed by atoms with Crippen LogP contribution in [0.3, 0.4) is 0 Å². The second-order valence-corrected chi connectivity index (χ2v) is 3.82. The van der Waals surface area contributed by atoms with E-state index in [0.29, 0.717) is 13.2 Å². The molecule has 0 amide bonds. The predicted molar refractivity (Wildman–Crippen MR) is 60.4 cm³/mol. The normalized spacial score (nSPS) is 19.1. The Bertz CT molecular complexity index is 359. The van der Waals surface area contributed by atoms with E-state index in [-0.39, 0.29) is 0 Å². The Morgan fingerprint density at radius 2 is 2.00 bits per heavy atom. The van der Waals surface area contributed by atoms with Gasteiger partial charge in [-0.3, -0.25) is 0 Å². The highest BCUT2D eigenvalue weighted by Crippen LogP contribution is 2.31. The van der Waals surface area contributed by atoms with E-state index in [1.165, 1.54) is 0 Å². The van der Waals surface area contributed by atoms with Gasteiger partial charge >= 0.3 is 0 Å². The summed E-state index contributed by atoms with van der Waals surface area (Å²) in [7, 11) is 3.71. The summed E-state index contributed by atoms with van der Waals surface area (Å²) in [6.45, 7) is 3.24. The molecule has 80 valence electrons. The maximum Gasteiger partial charge on any atom is 0.191 e. The lowest BCUT2D eigenvalue weighted by molar-refractivity contribution is -0.149. The Labute approximate surface area is 90.7 Å². The van der Waals surface area contributed by atoms with E-state index in [1.54, 1.807) is 7.11 Å². The van der Waals surface area contributed by atoms with Gasteiger partial charge in [0, 0.05) is 5.56 Å². The lowest BCUT2D eigenvalue weighted by Gasteiger charge is -2.25. The first kappa shape index (κ1) is 10.5. The smallest absolute Gasteiger partial charge is 0.191 e. The Kier molecular flexibility index (Phi) is 2.71. The molecular weight excluding hydrogens is 191 g/mol. The zero-order valence-corrected chi connectivity index (χ0v) is 9.37. The summed E-state index contributed by atoms with van der Waals surface area (Å²) in [5, 5.41) is 0. The predicted octanol–water partition coefficient (Wildman–Crippen LogP) is 0.173. The first-order valence-corrected chi connectivity index (χ1v) is 5.09. The van der Waals surface area contributed by atoms with Gasteiger partial charge in [0.1, 0.15) is 13.6 Å². The number of methoxy groups -OCH3 is 1. The van der Waals surface area contributed by atoms with Crippen molar-refractivity contribution < 1.29 is 14.2 Å². The number of rotatable bonds is 2. The highest BCUT2D eigenvalue weighted by Gasteiger charge is 2.34. The molecular formula is C11H15BO3. The van der Waals surface area contributed by atoms with Gasteiger partial charge in [0.05, 0.1) is 20.3 Å². The quantitative estimate of drug-likeness (QED) is 0.645. The van der Waals surface area contributed by atoms with E-state index >= 15 is 0 Å². The van der Waals surface area contributed by atoms with Crippen molar-refractivity contribution in [2.75, 3.05) is 20.3 Å². The second kappa shape index (κ2) is 3.87. The van der Waals surface area contributed by atoms with Crippen LogP contribution in [0.4, 0.5) is 0 Å². The Balaban J connectivity index is 2.41. The number of benzene rings is 1. The monoisotopic (exact) mass is 206 g/mol. The van der Waals surface area contributed by atoms with Crippen LogP contribution in [0.25, 0.3) is 0 Å². The van der Waals surface area contributed by atoms with Crippen molar-refractivity contribution in [3.8, 4) is 5.75 Å². The van der Waals surface area contributed by atoms with E-state index in [2.05, 4.69) is 0 Å². The van der Waals surface area contributed by atoms with Crippen LogP contribution in [0.1, 0.15) is 12.5 Å². The number of hydrogen-bond donors (Lipinski definition) is 0. The summed E-state index contributed by atoms with van der Waals surface area (Å²) < 4.78 is 16.5. The fraction of sp³-hybridized carbons (Fsp3) is 0.455. The van der Waals surface area contributed by atoms with Crippen LogP contribution in [0, 0.1) is 0 Å². The molecule has 0 aliphatic carbocycles. The number of hydrogen-bond acceptors (Lipinski definition) is 3. The zero-order chi connectivity index (χ0) is 10.9. The summed E-state index contributed by atoms with van der Waals surface area (Å²) >= 11 is 0. The molecule has 0 N–H and O–H groups in total. The number of ether oxygens (including phenoxy) is 3. The molecule has 0 spiro atoms. The van der Waals surface area contributed by atoms with Crippen LogP contribution in [0.15, 0.2) is 18.2 Å². The van der Waals surface area contributed by atoms with Crippen molar-refractivity contribution in [2.24, 2.45) is 0 Å². The van der Waals surface area contributed by atoms with Crippen molar-refractivity contribution in [1.82, 2.24) is 0 Å². The lowest BCUT2D eigenvalue weighted by Crippen LogP contribution is -2.29. The van der Waals surface area contributed by atoms with Gasteiger partial charge in [-0.25, -0.2) is 0 Å². The maximum absolute atomic E-state index is 5.63. The van der Waals surface area contributed by atoms with Crippen molar-refractivity contribution >= 4 is 13.3 Å². The molecule has 0 saturated carbocycles. The van der Waals surface area contributed by atoms with Crippen molar-refractivity contribution in [2.45, 2.75) is 12.7 Å². The lowest BCUT2D eigenvalue weighted by atomic mass is 9.87. The van der Waals surface area contributed by atoms with E-state index in [9.17, 15) is 0 Å². The standard InChI is InChI=1S/C11H15BO3/c1-11(14-5-6-15-11)9-7-8(13-2)3-4-10(9)12/h3-4,7H,5-6,12H2,1-2H3. The van der Waals surface area contributed by atoms with Gasteiger partial charge in [-0.05, 0) is 19.1 Å². The molecule has 1 aliphatic rings. The van der Waals surface area contributed by atoms with E-state index in [1.807, 2.05) is 33.0 Å². The van der Waals surface area contributed by atoms with Gasteiger partial charge in [0.15, 0.2) is 5.79 Å². The summed E-state index contributed by atoms with van der Waals surface area (Å²) in [5.74, 6) is 0.217. The Hall–Kier alpha value is -0.995. The summed E-state index contributed by atoms with van der Waals surface area (Å²) in [5.41, 5.74) is 2.19. The van der Waals surface area contributed by atoms with E-state index in [4.69, 9.17) is 14.2 Å². The Morgan fingerprint density at radius 3 is 2.60 bits per heavy atom. The van der Waals surface area contributed by atoms with Crippen LogP contribution < -0.4 is 10.2 Å². The third kappa shape index (κ3) is 1.87. The molecule has 0 unspecified atom stereocenters. The van der Waals surface area contributed by atoms with Crippen LogP contribution in [-0.4, -0.2) is 28.2 Å². The van der Waals surface area contributed by atoms with Crippen molar-refractivity contribution in [1.29, 1.82) is 0 Å². The first-order chi connectivity index (χ1) is 7.15. The molecule has 0 radical (unpaired) electrons. The minimum absolute atomic E-state index is 0.612. The minimum Gasteiger partial charge on any atom is -0.497 e. The van der Waals surface area contributed by atoms with Crippen molar-refractivity contribution in [3.63, 3.8) is 0 Å². The largest absolute Gasteiger partial charge is 0.497 e. The van der Waals surface area contributed by atoms with Crippen molar-refractivity contribution in [3.05, 3.63) is 23.8 Å². The fourth-order valence-corrected chi connectivity index (χ4v) is 1.89. The van der Waals surface area contributed by atoms with Crippen LogP contribution in [0.2, 0.25) is 0 Å². The highest BCUT2D eigenvalue weighted by atomic mass is 16.7. The van der Waals surface area contributed by atoms with E-state index < -0.39 is 5.79 Å². The first-order valence-electron chi connectivity index (χ1n) is 5.09. The molecule has 3 nitrogen and oxygen atoms in total. The maximum atomic E-state index is 5.63. The molecule has 0 aromatic heterocycles. The summed E-state index contributed by atoms with van der Waals surface area (Å²) in [6.07, 6.45) is 0. The van der Waals surface area contributed by atoms with Gasteiger partial charge in [-0.1, -0.05) is 11.5 Å². The van der Waals surface area contributed by atoms with Gasteiger partial charge in [-0.15, -0.1) is 0 Å². The molecule has 1 aromatic carbocycles. The van der Waals surface area contributed by atoms with Gasteiger partial charge in [-0.2, -0.15) is 0 Å².